The van der Waals surface area contributed by atoms with E-state index < -0.39 is 5.41 Å². The van der Waals surface area contributed by atoms with Crippen LogP contribution < -0.4 is 0 Å². The fraction of sp³-hybridized carbons (Fsp3) is 0.111. The lowest BCUT2D eigenvalue weighted by molar-refractivity contribution is 0.528. The molecule has 0 atom stereocenters. The lowest BCUT2D eigenvalue weighted by Crippen LogP contribution is -2.31. The Morgan fingerprint density at radius 2 is 1.52 bits per heavy atom. The Morgan fingerprint density at radius 3 is 1.95 bits per heavy atom. The molecule has 0 amide bonds. The van der Waals surface area contributed by atoms with Crippen molar-refractivity contribution in [3.63, 3.8) is 0 Å². The Hall–Kier alpha value is -2.86. The maximum atomic E-state index is 10.00. The van der Waals surface area contributed by atoms with E-state index in [9.17, 15) is 5.26 Å². The normalized spacial score (nSPS) is 11.0. The number of imidazole rings is 1. The number of benzene rings is 2. The highest BCUT2D eigenvalue weighted by molar-refractivity contribution is 5.45. The number of hydrogen-bond acceptors (Lipinski definition) is 2. The third-order valence-corrected chi connectivity index (χ3v) is 3.70. The zero-order chi connectivity index (χ0) is 14.5. The van der Waals surface area contributed by atoms with Gasteiger partial charge in [0.1, 0.15) is 5.41 Å². The van der Waals surface area contributed by atoms with E-state index in [2.05, 4.69) is 11.1 Å². The lowest BCUT2D eigenvalue weighted by Gasteiger charge is -2.28. The molecule has 0 N–H and O–H groups in total. The Morgan fingerprint density at radius 1 is 0.952 bits per heavy atom. The van der Waals surface area contributed by atoms with E-state index in [1.807, 2.05) is 71.4 Å². The summed E-state index contributed by atoms with van der Waals surface area (Å²) in [5.41, 5.74) is 1.27. The van der Waals surface area contributed by atoms with E-state index >= 15 is 0 Å². The van der Waals surface area contributed by atoms with Gasteiger partial charge in [-0.25, -0.2) is 4.98 Å². The fourth-order valence-corrected chi connectivity index (χ4v) is 2.61. The molecule has 0 saturated carbocycles. The molecule has 0 fully saturated rings. The van der Waals surface area contributed by atoms with Crippen molar-refractivity contribution in [2.24, 2.45) is 0 Å². The van der Waals surface area contributed by atoms with Gasteiger partial charge < -0.3 is 4.57 Å². The van der Waals surface area contributed by atoms with Crippen molar-refractivity contribution in [3.05, 3.63) is 90.5 Å². The maximum absolute atomic E-state index is 10.00. The van der Waals surface area contributed by atoms with Gasteiger partial charge in [-0.3, -0.25) is 0 Å². The van der Waals surface area contributed by atoms with Crippen molar-refractivity contribution in [2.45, 2.75) is 12.0 Å². The fourth-order valence-electron chi connectivity index (χ4n) is 2.61. The van der Waals surface area contributed by atoms with Gasteiger partial charge in [-0.1, -0.05) is 60.7 Å². The van der Waals surface area contributed by atoms with Crippen LogP contribution in [0.25, 0.3) is 0 Å². The second kappa shape index (κ2) is 5.64. The predicted molar refractivity (Wildman–Crippen MR) is 81.5 cm³/mol. The van der Waals surface area contributed by atoms with Gasteiger partial charge in [0.25, 0.3) is 0 Å². The molecule has 0 unspecified atom stereocenters. The maximum Gasteiger partial charge on any atom is 0.125 e. The first-order valence-electron chi connectivity index (χ1n) is 6.83. The molecule has 2 aromatic carbocycles. The largest absolute Gasteiger partial charge is 0.335 e. The van der Waals surface area contributed by atoms with Crippen LogP contribution in [0.2, 0.25) is 0 Å². The van der Waals surface area contributed by atoms with Gasteiger partial charge >= 0.3 is 0 Å². The molecule has 3 rings (SSSR count). The van der Waals surface area contributed by atoms with Gasteiger partial charge in [0.15, 0.2) is 0 Å². The molecule has 0 aliphatic heterocycles. The van der Waals surface area contributed by atoms with E-state index in [0.717, 1.165) is 11.1 Å². The van der Waals surface area contributed by atoms with E-state index in [0.29, 0.717) is 6.54 Å². The molecule has 1 heterocycles. The van der Waals surface area contributed by atoms with Gasteiger partial charge in [-0.05, 0) is 11.1 Å². The lowest BCUT2D eigenvalue weighted by atomic mass is 9.75. The van der Waals surface area contributed by atoms with Crippen molar-refractivity contribution in [2.75, 3.05) is 0 Å². The van der Waals surface area contributed by atoms with Crippen LogP contribution in [0.4, 0.5) is 0 Å². The Labute approximate surface area is 124 Å². The topological polar surface area (TPSA) is 41.6 Å². The number of nitrogens with zero attached hydrogens (tertiary/aromatic N) is 3. The molecule has 0 aliphatic rings. The number of aromatic nitrogens is 2. The molecule has 0 radical (unpaired) electrons. The van der Waals surface area contributed by atoms with Crippen LogP contribution >= 0.6 is 0 Å². The first-order chi connectivity index (χ1) is 10.3. The second-order valence-electron chi connectivity index (χ2n) is 4.98. The smallest absolute Gasteiger partial charge is 0.125 e. The minimum Gasteiger partial charge on any atom is -0.335 e. The van der Waals surface area contributed by atoms with E-state index in [1.165, 1.54) is 0 Å². The highest BCUT2D eigenvalue weighted by Gasteiger charge is 2.34. The van der Waals surface area contributed by atoms with Gasteiger partial charge in [0, 0.05) is 12.4 Å². The summed E-state index contributed by atoms with van der Waals surface area (Å²) in [7, 11) is 0. The minimum absolute atomic E-state index is 0.539. The molecule has 3 aromatic rings. The van der Waals surface area contributed by atoms with Crippen molar-refractivity contribution in [1.82, 2.24) is 9.55 Å². The van der Waals surface area contributed by atoms with Crippen LogP contribution in [0.5, 0.6) is 0 Å². The van der Waals surface area contributed by atoms with E-state index in [1.54, 1.807) is 12.5 Å². The summed E-state index contributed by atoms with van der Waals surface area (Å²) in [4.78, 5) is 4.08. The van der Waals surface area contributed by atoms with Crippen molar-refractivity contribution >= 4 is 0 Å². The first-order valence-corrected chi connectivity index (χ1v) is 6.83. The Bertz CT molecular complexity index is 686. The quantitative estimate of drug-likeness (QED) is 0.731. The van der Waals surface area contributed by atoms with Crippen molar-refractivity contribution in [1.29, 1.82) is 5.26 Å². The minimum atomic E-state index is -0.719. The van der Waals surface area contributed by atoms with Crippen LogP contribution in [-0.4, -0.2) is 9.55 Å². The summed E-state index contributed by atoms with van der Waals surface area (Å²) >= 11 is 0. The zero-order valence-corrected chi connectivity index (χ0v) is 11.6. The molecule has 21 heavy (non-hydrogen) atoms. The van der Waals surface area contributed by atoms with Crippen LogP contribution in [0.3, 0.4) is 0 Å². The average molecular weight is 273 g/mol. The summed E-state index contributed by atoms with van der Waals surface area (Å²) in [6.45, 7) is 0.539. The van der Waals surface area contributed by atoms with Crippen molar-refractivity contribution < 1.29 is 0 Å². The standard InChI is InChI=1S/C18H15N3/c19-13-18(14-21-12-11-20-15-21,16-7-3-1-4-8-16)17-9-5-2-6-10-17/h1-12,15H,14H2. The predicted octanol–water partition coefficient (Wildman–Crippen LogP) is 3.39. The molecule has 102 valence electrons. The molecule has 0 bridgehead atoms. The molecular weight excluding hydrogens is 258 g/mol. The molecule has 1 aromatic heterocycles. The number of hydrogen-bond donors (Lipinski definition) is 0. The van der Waals surface area contributed by atoms with Crippen LogP contribution in [0.1, 0.15) is 11.1 Å². The van der Waals surface area contributed by atoms with Gasteiger partial charge in [-0.2, -0.15) is 5.26 Å². The summed E-state index contributed by atoms with van der Waals surface area (Å²) in [5.74, 6) is 0. The van der Waals surface area contributed by atoms with Crippen LogP contribution in [0.15, 0.2) is 79.4 Å². The average Bonchev–Trinajstić information content (AvgIpc) is 3.07. The summed E-state index contributed by atoms with van der Waals surface area (Å²) in [5, 5.41) is 10.00. The van der Waals surface area contributed by atoms with Gasteiger partial charge in [0.05, 0.1) is 18.9 Å². The molecule has 0 spiro atoms. The van der Waals surface area contributed by atoms with E-state index in [-0.39, 0.29) is 0 Å². The Kier molecular flexibility index (Phi) is 3.53. The van der Waals surface area contributed by atoms with Crippen molar-refractivity contribution in [3.8, 4) is 6.07 Å². The van der Waals surface area contributed by atoms with Crippen LogP contribution in [-0.2, 0) is 12.0 Å². The number of nitriles is 1. The molecule has 3 nitrogen and oxygen atoms in total. The zero-order valence-electron chi connectivity index (χ0n) is 11.6. The highest BCUT2D eigenvalue weighted by atomic mass is 15.0. The second-order valence-corrected chi connectivity index (χ2v) is 4.98. The Balaban J connectivity index is 2.16. The number of rotatable bonds is 4. The third kappa shape index (κ3) is 2.44. The summed E-state index contributed by atoms with van der Waals surface area (Å²) in [6.07, 6.45) is 5.37. The third-order valence-electron chi connectivity index (χ3n) is 3.70. The molecular formula is C18H15N3. The first kappa shape index (κ1) is 13.1. The van der Waals surface area contributed by atoms with Crippen LogP contribution in [0, 0.1) is 11.3 Å². The molecule has 3 heteroatoms. The SMILES string of the molecule is N#CC(Cn1ccnc1)(c1ccccc1)c1ccccc1. The monoisotopic (exact) mass is 273 g/mol. The molecule has 0 aliphatic carbocycles. The summed E-state index contributed by atoms with van der Waals surface area (Å²) in [6, 6.07) is 22.4. The van der Waals surface area contributed by atoms with Gasteiger partial charge in [0.2, 0.25) is 0 Å². The summed E-state index contributed by atoms with van der Waals surface area (Å²) < 4.78 is 1.95. The highest BCUT2D eigenvalue weighted by Crippen LogP contribution is 2.33. The van der Waals surface area contributed by atoms with Gasteiger partial charge in [-0.15, -0.1) is 0 Å². The molecule has 0 saturated heterocycles. The van der Waals surface area contributed by atoms with E-state index in [4.69, 9.17) is 0 Å².